The Hall–Kier alpha value is -0.220. The van der Waals surface area contributed by atoms with Crippen molar-refractivity contribution >= 4 is 17.7 Å². The Balaban J connectivity index is 3.63. The van der Waals surface area contributed by atoms with Crippen molar-refractivity contribution in [2.45, 2.75) is 39.2 Å². The molecule has 0 saturated heterocycles. The van der Waals surface area contributed by atoms with E-state index in [0.717, 1.165) is 31.6 Å². The lowest BCUT2D eigenvalue weighted by Crippen LogP contribution is -2.42. The van der Waals surface area contributed by atoms with E-state index in [1.807, 2.05) is 0 Å². The number of hydrogen-bond acceptors (Lipinski definition) is 3. The summed E-state index contributed by atoms with van der Waals surface area (Å²) in [5, 5.41) is 2.90. The monoisotopic (exact) mass is 232 g/mol. The Morgan fingerprint density at radius 3 is 2.73 bits per heavy atom. The summed E-state index contributed by atoms with van der Waals surface area (Å²) in [5.41, 5.74) is 5.75. The van der Waals surface area contributed by atoms with E-state index in [4.69, 9.17) is 5.73 Å². The Labute approximate surface area is 97.6 Å². The van der Waals surface area contributed by atoms with Crippen LogP contribution in [0.15, 0.2) is 0 Å². The van der Waals surface area contributed by atoms with Gasteiger partial charge in [0, 0.05) is 6.54 Å². The van der Waals surface area contributed by atoms with Crippen molar-refractivity contribution in [1.82, 2.24) is 5.32 Å². The molecule has 1 amide bonds. The van der Waals surface area contributed by atoms with Crippen molar-refractivity contribution in [3.05, 3.63) is 0 Å². The van der Waals surface area contributed by atoms with Crippen LogP contribution in [-0.2, 0) is 4.79 Å². The fraction of sp³-hybridized carbons (Fsp3) is 0.909. The van der Waals surface area contributed by atoms with Crippen molar-refractivity contribution in [1.29, 1.82) is 0 Å². The molecule has 0 rings (SSSR count). The lowest BCUT2D eigenvalue weighted by Gasteiger charge is -2.14. The molecule has 0 aromatic heterocycles. The molecule has 0 radical (unpaired) electrons. The summed E-state index contributed by atoms with van der Waals surface area (Å²) in [5.74, 6) is 1.59. The van der Waals surface area contributed by atoms with E-state index in [0.29, 0.717) is 5.92 Å². The molecule has 3 N–H and O–H groups in total. The first-order valence-electron chi connectivity index (χ1n) is 5.64. The highest BCUT2D eigenvalue weighted by Crippen LogP contribution is 2.03. The van der Waals surface area contributed by atoms with E-state index in [1.165, 1.54) is 0 Å². The lowest BCUT2D eigenvalue weighted by molar-refractivity contribution is -0.122. The molecular formula is C11H24N2OS. The molecule has 2 unspecified atom stereocenters. The third-order valence-corrected chi connectivity index (χ3v) is 3.18. The summed E-state index contributed by atoms with van der Waals surface area (Å²) in [6, 6.07) is -0.327. The third-order valence-electron chi connectivity index (χ3n) is 2.28. The van der Waals surface area contributed by atoms with E-state index in [2.05, 4.69) is 25.4 Å². The number of carbonyl (C=O) groups excluding carboxylic acids is 1. The van der Waals surface area contributed by atoms with Gasteiger partial charge in [0.25, 0.3) is 0 Å². The van der Waals surface area contributed by atoms with Crippen LogP contribution in [0.4, 0.5) is 0 Å². The van der Waals surface area contributed by atoms with Crippen molar-refractivity contribution < 1.29 is 4.79 Å². The van der Waals surface area contributed by atoms with Gasteiger partial charge in [-0.1, -0.05) is 26.7 Å². The van der Waals surface area contributed by atoms with E-state index in [1.54, 1.807) is 11.8 Å². The predicted octanol–water partition coefficient (Wildman–Crippen LogP) is 1.62. The second-order valence-electron chi connectivity index (χ2n) is 4.05. The van der Waals surface area contributed by atoms with Crippen molar-refractivity contribution in [3.8, 4) is 0 Å². The van der Waals surface area contributed by atoms with E-state index < -0.39 is 0 Å². The fourth-order valence-corrected chi connectivity index (χ4v) is 1.99. The normalized spacial score (nSPS) is 14.7. The molecule has 0 saturated carbocycles. The van der Waals surface area contributed by atoms with Crippen LogP contribution in [0.3, 0.4) is 0 Å². The second-order valence-corrected chi connectivity index (χ2v) is 4.97. The first kappa shape index (κ1) is 14.8. The number of thioether (sulfide) groups is 1. The Morgan fingerprint density at radius 2 is 2.20 bits per heavy atom. The molecule has 0 fully saturated rings. The maximum Gasteiger partial charge on any atom is 0.236 e. The van der Waals surface area contributed by atoms with Gasteiger partial charge in [0.2, 0.25) is 5.91 Å². The zero-order chi connectivity index (χ0) is 11.7. The molecule has 3 nitrogen and oxygen atoms in total. The number of nitrogens with two attached hydrogens (primary N) is 1. The van der Waals surface area contributed by atoms with Crippen LogP contribution in [0.2, 0.25) is 0 Å². The molecule has 0 aromatic carbocycles. The van der Waals surface area contributed by atoms with Crippen LogP contribution < -0.4 is 11.1 Å². The fourth-order valence-electron chi connectivity index (χ4n) is 1.30. The quantitative estimate of drug-likeness (QED) is 0.668. The molecule has 0 aromatic rings. The molecule has 2 atom stereocenters. The molecular weight excluding hydrogens is 208 g/mol. The second kappa shape index (κ2) is 9.04. The molecule has 0 aliphatic carbocycles. The number of amides is 1. The van der Waals surface area contributed by atoms with Crippen LogP contribution in [0.5, 0.6) is 0 Å². The maximum atomic E-state index is 11.5. The molecule has 0 aliphatic rings. The van der Waals surface area contributed by atoms with Crippen molar-refractivity contribution in [2.24, 2.45) is 11.7 Å². The summed E-state index contributed by atoms with van der Waals surface area (Å²) >= 11 is 1.80. The zero-order valence-corrected chi connectivity index (χ0v) is 10.9. The minimum Gasteiger partial charge on any atom is -0.354 e. The highest BCUT2D eigenvalue weighted by molar-refractivity contribution is 7.98. The molecule has 15 heavy (non-hydrogen) atoms. The molecule has 90 valence electrons. The van der Waals surface area contributed by atoms with E-state index >= 15 is 0 Å². The van der Waals surface area contributed by atoms with Crippen molar-refractivity contribution in [2.75, 3.05) is 18.6 Å². The molecule has 0 spiro atoms. The summed E-state index contributed by atoms with van der Waals surface area (Å²) in [6.45, 7) is 4.97. The van der Waals surface area contributed by atoms with Crippen LogP contribution in [0, 0.1) is 5.92 Å². The summed E-state index contributed by atoms with van der Waals surface area (Å²) in [6.07, 6.45) is 4.98. The SMILES string of the molecule is CCCCC(N)C(=O)NCC(C)CSC. The van der Waals surface area contributed by atoms with Gasteiger partial charge in [-0.2, -0.15) is 11.8 Å². The van der Waals surface area contributed by atoms with Crippen LogP contribution in [0.25, 0.3) is 0 Å². The van der Waals surface area contributed by atoms with Crippen LogP contribution >= 0.6 is 11.8 Å². The van der Waals surface area contributed by atoms with Gasteiger partial charge in [0.15, 0.2) is 0 Å². The average molecular weight is 232 g/mol. The Kier molecular flexibility index (Phi) is 8.91. The van der Waals surface area contributed by atoms with Gasteiger partial charge in [-0.15, -0.1) is 0 Å². The summed E-state index contributed by atoms with van der Waals surface area (Å²) < 4.78 is 0. The molecule has 0 heterocycles. The van der Waals surface area contributed by atoms with E-state index in [9.17, 15) is 4.79 Å². The van der Waals surface area contributed by atoms with Crippen LogP contribution in [-0.4, -0.2) is 30.5 Å². The van der Waals surface area contributed by atoms with Crippen molar-refractivity contribution in [3.63, 3.8) is 0 Å². The molecule has 0 aliphatic heterocycles. The smallest absolute Gasteiger partial charge is 0.236 e. The topological polar surface area (TPSA) is 55.1 Å². The van der Waals surface area contributed by atoms with Gasteiger partial charge in [-0.3, -0.25) is 4.79 Å². The average Bonchev–Trinajstić information content (AvgIpc) is 2.22. The highest BCUT2D eigenvalue weighted by Gasteiger charge is 2.12. The lowest BCUT2D eigenvalue weighted by atomic mass is 10.1. The van der Waals surface area contributed by atoms with Gasteiger partial charge in [-0.05, 0) is 24.3 Å². The number of nitrogens with one attached hydrogen (secondary N) is 1. The van der Waals surface area contributed by atoms with E-state index in [-0.39, 0.29) is 11.9 Å². The number of unbranched alkanes of at least 4 members (excludes halogenated alkanes) is 1. The first-order chi connectivity index (χ1) is 7.11. The number of hydrogen-bond donors (Lipinski definition) is 2. The van der Waals surface area contributed by atoms with Crippen LogP contribution in [0.1, 0.15) is 33.1 Å². The standard InChI is InChI=1S/C11H24N2OS/c1-4-5-6-10(12)11(14)13-7-9(2)8-15-3/h9-10H,4-8,12H2,1-3H3,(H,13,14). The van der Waals surface area contributed by atoms with Gasteiger partial charge >= 0.3 is 0 Å². The minimum absolute atomic E-state index is 0.00333. The maximum absolute atomic E-state index is 11.5. The van der Waals surface area contributed by atoms with Gasteiger partial charge in [-0.25, -0.2) is 0 Å². The largest absolute Gasteiger partial charge is 0.354 e. The number of rotatable bonds is 8. The highest BCUT2D eigenvalue weighted by atomic mass is 32.2. The van der Waals surface area contributed by atoms with Gasteiger partial charge in [0.1, 0.15) is 0 Å². The number of carbonyl (C=O) groups is 1. The first-order valence-corrected chi connectivity index (χ1v) is 7.03. The Bertz CT molecular complexity index is 176. The third kappa shape index (κ3) is 7.68. The zero-order valence-electron chi connectivity index (χ0n) is 10.1. The van der Waals surface area contributed by atoms with Gasteiger partial charge < -0.3 is 11.1 Å². The Morgan fingerprint density at radius 1 is 1.53 bits per heavy atom. The minimum atomic E-state index is -0.327. The molecule has 4 heteroatoms. The molecule has 0 bridgehead atoms. The summed E-state index contributed by atoms with van der Waals surface area (Å²) in [7, 11) is 0. The predicted molar refractivity (Wildman–Crippen MR) is 68.1 cm³/mol. The summed E-state index contributed by atoms with van der Waals surface area (Å²) in [4.78, 5) is 11.5. The van der Waals surface area contributed by atoms with Gasteiger partial charge in [0.05, 0.1) is 6.04 Å².